The maximum Gasteiger partial charge on any atom is 0.123 e. The first kappa shape index (κ1) is 7.77. The van der Waals surface area contributed by atoms with Crippen LogP contribution >= 0.6 is 0 Å². The van der Waals surface area contributed by atoms with Crippen molar-refractivity contribution in [2.45, 2.75) is 39.5 Å². The largest absolute Gasteiger partial charge is 0.303 e. The second kappa shape index (κ2) is 2.73. The van der Waals surface area contributed by atoms with Crippen molar-refractivity contribution in [1.29, 1.82) is 0 Å². The van der Waals surface area contributed by atoms with E-state index in [-0.39, 0.29) is 0 Å². The molecule has 0 N–H and O–H groups in total. The average Bonchev–Trinajstić information content (AvgIpc) is 1.88. The molecule has 0 aromatic heterocycles. The highest BCUT2D eigenvalue weighted by molar-refractivity contribution is 5.53. The fourth-order valence-corrected chi connectivity index (χ4v) is 1.56. The highest BCUT2D eigenvalue weighted by Gasteiger charge is 2.25. The van der Waals surface area contributed by atoms with Crippen molar-refractivity contribution in [3.05, 3.63) is 0 Å². The molecule has 1 heteroatoms. The van der Waals surface area contributed by atoms with Crippen molar-refractivity contribution in [2.24, 2.45) is 11.3 Å². The van der Waals surface area contributed by atoms with Gasteiger partial charge in [-0.2, -0.15) is 0 Å². The van der Waals surface area contributed by atoms with Gasteiger partial charge in [0.25, 0.3) is 0 Å². The van der Waals surface area contributed by atoms with E-state index >= 15 is 0 Å². The molecule has 1 aliphatic rings. The van der Waals surface area contributed by atoms with E-state index in [1.54, 1.807) is 0 Å². The predicted molar refractivity (Wildman–Crippen MR) is 41.8 cm³/mol. The smallest absolute Gasteiger partial charge is 0.123 e. The van der Waals surface area contributed by atoms with E-state index in [1.165, 1.54) is 12.8 Å². The molecule has 1 nitrogen and oxygen atoms in total. The summed E-state index contributed by atoms with van der Waals surface area (Å²) in [6, 6.07) is 0. The minimum absolute atomic E-state index is 0.369. The van der Waals surface area contributed by atoms with Crippen LogP contribution in [0.2, 0.25) is 0 Å². The van der Waals surface area contributed by atoms with Crippen LogP contribution in [0.25, 0.3) is 0 Å². The van der Waals surface area contributed by atoms with Crippen LogP contribution in [-0.2, 0) is 4.79 Å². The molecule has 0 aliphatic heterocycles. The third-order valence-electron chi connectivity index (χ3n) is 2.58. The van der Waals surface area contributed by atoms with Crippen LogP contribution in [0.15, 0.2) is 0 Å². The Labute approximate surface area is 62.8 Å². The molecular weight excluding hydrogens is 124 g/mol. The molecule has 0 aromatic carbocycles. The topological polar surface area (TPSA) is 17.1 Å². The van der Waals surface area contributed by atoms with Crippen molar-refractivity contribution in [2.75, 3.05) is 0 Å². The molecule has 0 unspecified atom stereocenters. The van der Waals surface area contributed by atoms with Gasteiger partial charge in [-0.1, -0.05) is 13.8 Å². The number of carbonyl (C=O) groups excluding carboxylic acids is 1. The summed E-state index contributed by atoms with van der Waals surface area (Å²) < 4.78 is 0. The number of hydrogen-bond donors (Lipinski definition) is 0. The zero-order valence-corrected chi connectivity index (χ0v) is 6.89. The van der Waals surface area contributed by atoms with Crippen molar-refractivity contribution < 1.29 is 4.79 Å². The quantitative estimate of drug-likeness (QED) is 0.511. The van der Waals surface area contributed by atoms with Gasteiger partial charge in [-0.15, -0.1) is 0 Å². The lowest BCUT2D eigenvalue weighted by Gasteiger charge is -2.31. The molecule has 1 aliphatic carbocycles. The Hall–Kier alpha value is -0.330. The maximum atomic E-state index is 10.4. The highest BCUT2D eigenvalue weighted by Crippen LogP contribution is 2.36. The molecule has 0 aromatic rings. The van der Waals surface area contributed by atoms with E-state index in [0.29, 0.717) is 11.3 Å². The van der Waals surface area contributed by atoms with E-state index in [0.717, 1.165) is 19.1 Å². The van der Waals surface area contributed by atoms with Gasteiger partial charge in [0.15, 0.2) is 0 Å². The summed E-state index contributed by atoms with van der Waals surface area (Å²) in [4.78, 5) is 10.4. The molecule has 58 valence electrons. The average molecular weight is 140 g/mol. The first-order chi connectivity index (χ1) is 4.64. The molecule has 0 radical (unpaired) electrons. The lowest BCUT2D eigenvalue weighted by molar-refractivity contribution is -0.112. The number of rotatable bonds is 1. The minimum atomic E-state index is 0.369. The third kappa shape index (κ3) is 1.83. The minimum Gasteiger partial charge on any atom is -0.303 e. The van der Waals surface area contributed by atoms with Crippen molar-refractivity contribution in [3.63, 3.8) is 0 Å². The molecule has 1 rings (SSSR count). The second-order valence-corrected chi connectivity index (χ2v) is 4.14. The Morgan fingerprint density at radius 3 is 2.20 bits per heavy atom. The summed E-state index contributed by atoms with van der Waals surface area (Å²) in [6.45, 7) is 4.57. The molecule has 0 atom stereocenters. The Morgan fingerprint density at radius 1 is 1.30 bits per heavy atom. The molecule has 0 saturated heterocycles. The van der Waals surface area contributed by atoms with Crippen molar-refractivity contribution in [3.8, 4) is 0 Å². The molecule has 0 spiro atoms. The summed E-state index contributed by atoms with van der Waals surface area (Å²) in [5.74, 6) is 0.369. The van der Waals surface area contributed by atoms with Crippen molar-refractivity contribution >= 4 is 6.29 Å². The first-order valence-corrected chi connectivity index (χ1v) is 4.09. The summed E-state index contributed by atoms with van der Waals surface area (Å²) in [5.41, 5.74) is 0.500. The maximum absolute atomic E-state index is 10.4. The first-order valence-electron chi connectivity index (χ1n) is 4.09. The summed E-state index contributed by atoms with van der Waals surface area (Å²) in [5, 5.41) is 0. The van der Waals surface area contributed by atoms with Gasteiger partial charge >= 0.3 is 0 Å². The van der Waals surface area contributed by atoms with E-state index in [2.05, 4.69) is 13.8 Å². The van der Waals surface area contributed by atoms with Crippen LogP contribution < -0.4 is 0 Å². The summed E-state index contributed by atoms with van der Waals surface area (Å²) in [7, 11) is 0. The standard InChI is InChI=1S/C9H16O/c1-9(2)5-3-8(7-10)4-6-9/h7-8H,3-6H2,1-2H3. The molecule has 0 heterocycles. The Bertz CT molecular complexity index is 117. The SMILES string of the molecule is CC1(C)CCC(C=O)CC1. The van der Waals surface area contributed by atoms with E-state index in [4.69, 9.17) is 0 Å². The Balaban J connectivity index is 2.38. The van der Waals surface area contributed by atoms with Crippen LogP contribution in [0.3, 0.4) is 0 Å². The van der Waals surface area contributed by atoms with Gasteiger partial charge in [0.05, 0.1) is 0 Å². The van der Waals surface area contributed by atoms with Gasteiger partial charge in [-0.3, -0.25) is 0 Å². The van der Waals surface area contributed by atoms with Gasteiger partial charge in [-0.25, -0.2) is 0 Å². The van der Waals surface area contributed by atoms with Crippen LogP contribution in [0.1, 0.15) is 39.5 Å². The van der Waals surface area contributed by atoms with Crippen LogP contribution in [-0.4, -0.2) is 6.29 Å². The van der Waals surface area contributed by atoms with Crippen LogP contribution in [0.5, 0.6) is 0 Å². The zero-order valence-electron chi connectivity index (χ0n) is 6.89. The summed E-state index contributed by atoms with van der Waals surface area (Å²) >= 11 is 0. The predicted octanol–water partition coefficient (Wildman–Crippen LogP) is 2.40. The molecule has 10 heavy (non-hydrogen) atoms. The Kier molecular flexibility index (Phi) is 2.12. The second-order valence-electron chi connectivity index (χ2n) is 4.14. The molecule has 0 amide bonds. The van der Waals surface area contributed by atoms with Crippen LogP contribution in [0, 0.1) is 11.3 Å². The fourth-order valence-electron chi connectivity index (χ4n) is 1.56. The van der Waals surface area contributed by atoms with Gasteiger partial charge in [0.2, 0.25) is 0 Å². The molecule has 1 fully saturated rings. The number of aldehydes is 1. The Morgan fingerprint density at radius 2 is 1.80 bits per heavy atom. The van der Waals surface area contributed by atoms with Gasteiger partial charge in [0, 0.05) is 5.92 Å². The van der Waals surface area contributed by atoms with Gasteiger partial charge in [-0.05, 0) is 31.1 Å². The third-order valence-corrected chi connectivity index (χ3v) is 2.58. The zero-order chi connectivity index (χ0) is 7.61. The van der Waals surface area contributed by atoms with Gasteiger partial charge in [0.1, 0.15) is 6.29 Å². The van der Waals surface area contributed by atoms with Crippen molar-refractivity contribution in [1.82, 2.24) is 0 Å². The fraction of sp³-hybridized carbons (Fsp3) is 0.889. The van der Waals surface area contributed by atoms with Crippen LogP contribution in [0.4, 0.5) is 0 Å². The summed E-state index contributed by atoms with van der Waals surface area (Å²) in [6.07, 6.45) is 5.77. The van der Waals surface area contributed by atoms with Gasteiger partial charge < -0.3 is 4.79 Å². The monoisotopic (exact) mass is 140 g/mol. The number of hydrogen-bond acceptors (Lipinski definition) is 1. The highest BCUT2D eigenvalue weighted by atomic mass is 16.1. The molecular formula is C9H16O. The molecule has 0 bridgehead atoms. The molecule has 1 saturated carbocycles. The van der Waals surface area contributed by atoms with E-state index in [9.17, 15) is 4.79 Å². The number of carbonyl (C=O) groups is 1. The van der Waals surface area contributed by atoms with E-state index in [1.807, 2.05) is 0 Å². The van der Waals surface area contributed by atoms with E-state index < -0.39 is 0 Å². The lowest BCUT2D eigenvalue weighted by Crippen LogP contribution is -2.21. The lowest BCUT2D eigenvalue weighted by atomic mass is 9.74. The normalized spacial score (nSPS) is 26.2.